The molecule has 0 saturated heterocycles. The molecule has 2 heteroatoms. The van der Waals surface area contributed by atoms with Crippen LogP contribution in [0.2, 0.25) is 0 Å². The Kier molecular flexibility index (Phi) is 1.20. The van der Waals surface area contributed by atoms with Gasteiger partial charge in [-0.15, -0.1) is 0 Å². The summed E-state index contributed by atoms with van der Waals surface area (Å²) in [5.74, 6) is 0. The molecule has 1 aliphatic heterocycles. The molecule has 1 aromatic rings. The zero-order valence-corrected chi connectivity index (χ0v) is 7.19. The molecule has 1 aliphatic carbocycles. The van der Waals surface area contributed by atoms with E-state index in [1.807, 2.05) is 0 Å². The van der Waals surface area contributed by atoms with E-state index < -0.39 is 0 Å². The first-order chi connectivity index (χ1) is 5.91. The van der Waals surface area contributed by atoms with E-state index in [2.05, 4.69) is 22.6 Å². The molecule has 2 aliphatic rings. The third kappa shape index (κ3) is 0.686. The molecular formula is C10H14N2. The minimum absolute atomic E-state index is 0.383. The summed E-state index contributed by atoms with van der Waals surface area (Å²) in [5, 5.41) is 3.65. The van der Waals surface area contributed by atoms with E-state index in [1.165, 1.54) is 31.4 Å². The van der Waals surface area contributed by atoms with Crippen LogP contribution >= 0.6 is 0 Å². The average Bonchev–Trinajstić information content (AvgIpc) is 2.47. The second-order valence-electron chi connectivity index (χ2n) is 3.98. The van der Waals surface area contributed by atoms with Gasteiger partial charge >= 0.3 is 0 Å². The predicted molar refractivity (Wildman–Crippen MR) is 48.0 cm³/mol. The van der Waals surface area contributed by atoms with Crippen molar-refractivity contribution in [3.05, 3.63) is 23.5 Å². The molecule has 64 valence electrons. The lowest BCUT2D eigenvalue weighted by Gasteiger charge is -2.45. The van der Waals surface area contributed by atoms with Crippen LogP contribution in [0, 0.1) is 0 Å². The Hall–Kier alpha value is -0.760. The van der Waals surface area contributed by atoms with Crippen molar-refractivity contribution >= 4 is 0 Å². The quantitative estimate of drug-likeness (QED) is 0.595. The van der Waals surface area contributed by atoms with E-state index in [0.29, 0.717) is 5.54 Å². The highest BCUT2D eigenvalue weighted by Gasteiger charge is 2.41. The predicted octanol–water partition coefficient (Wildman–Crippen LogP) is 1.54. The third-order valence-electron chi connectivity index (χ3n) is 3.39. The molecule has 1 saturated carbocycles. The summed E-state index contributed by atoms with van der Waals surface area (Å²) < 4.78 is 0. The van der Waals surface area contributed by atoms with Crippen LogP contribution in [-0.2, 0) is 12.0 Å². The minimum Gasteiger partial charge on any atom is -0.365 e. The van der Waals surface area contributed by atoms with Crippen LogP contribution in [0.4, 0.5) is 0 Å². The molecule has 0 amide bonds. The smallest absolute Gasteiger partial charge is 0.0452 e. The SMILES string of the molecule is c1cc2c([nH]1)CCNC21CCC1. The molecule has 1 spiro atoms. The zero-order valence-electron chi connectivity index (χ0n) is 7.19. The van der Waals surface area contributed by atoms with Gasteiger partial charge in [-0.3, -0.25) is 0 Å². The van der Waals surface area contributed by atoms with Gasteiger partial charge in [-0.2, -0.15) is 0 Å². The monoisotopic (exact) mass is 162 g/mol. The molecule has 2 nitrogen and oxygen atoms in total. The van der Waals surface area contributed by atoms with Crippen molar-refractivity contribution in [2.45, 2.75) is 31.2 Å². The molecule has 1 aromatic heterocycles. The Morgan fingerprint density at radius 2 is 2.25 bits per heavy atom. The summed E-state index contributed by atoms with van der Waals surface area (Å²) >= 11 is 0. The number of aromatic amines is 1. The topological polar surface area (TPSA) is 27.8 Å². The Balaban J connectivity index is 2.09. The second kappa shape index (κ2) is 2.13. The summed E-state index contributed by atoms with van der Waals surface area (Å²) in [7, 11) is 0. The number of hydrogen-bond donors (Lipinski definition) is 2. The van der Waals surface area contributed by atoms with Crippen molar-refractivity contribution in [3.8, 4) is 0 Å². The Morgan fingerprint density at radius 3 is 3.00 bits per heavy atom. The summed E-state index contributed by atoms with van der Waals surface area (Å²) in [4.78, 5) is 3.34. The fourth-order valence-electron chi connectivity index (χ4n) is 2.56. The lowest BCUT2D eigenvalue weighted by molar-refractivity contribution is 0.176. The summed E-state index contributed by atoms with van der Waals surface area (Å²) in [6, 6.07) is 2.25. The van der Waals surface area contributed by atoms with Crippen molar-refractivity contribution in [1.82, 2.24) is 10.3 Å². The van der Waals surface area contributed by atoms with Gasteiger partial charge in [0.2, 0.25) is 0 Å². The van der Waals surface area contributed by atoms with Gasteiger partial charge in [0.15, 0.2) is 0 Å². The largest absolute Gasteiger partial charge is 0.365 e. The highest BCUT2D eigenvalue weighted by atomic mass is 15.0. The molecular weight excluding hydrogens is 148 g/mol. The van der Waals surface area contributed by atoms with E-state index in [1.54, 1.807) is 5.56 Å². The van der Waals surface area contributed by atoms with Crippen molar-refractivity contribution in [2.24, 2.45) is 0 Å². The van der Waals surface area contributed by atoms with E-state index in [9.17, 15) is 0 Å². The van der Waals surface area contributed by atoms with Crippen molar-refractivity contribution in [2.75, 3.05) is 6.54 Å². The summed E-state index contributed by atoms with van der Waals surface area (Å²) in [6.45, 7) is 1.15. The second-order valence-corrected chi connectivity index (χ2v) is 3.98. The maximum Gasteiger partial charge on any atom is 0.0452 e. The molecule has 0 atom stereocenters. The maximum atomic E-state index is 3.65. The lowest BCUT2D eigenvalue weighted by Crippen LogP contribution is -2.51. The van der Waals surface area contributed by atoms with Crippen LogP contribution in [0.3, 0.4) is 0 Å². The average molecular weight is 162 g/mol. The number of H-pyrrole nitrogens is 1. The van der Waals surface area contributed by atoms with Gasteiger partial charge in [0.05, 0.1) is 0 Å². The van der Waals surface area contributed by atoms with E-state index in [0.717, 1.165) is 6.54 Å². The molecule has 12 heavy (non-hydrogen) atoms. The zero-order chi connectivity index (χ0) is 8.02. The minimum atomic E-state index is 0.383. The van der Waals surface area contributed by atoms with E-state index in [-0.39, 0.29) is 0 Å². The molecule has 2 heterocycles. The normalized spacial score (nSPS) is 25.0. The van der Waals surface area contributed by atoms with Gasteiger partial charge in [0.25, 0.3) is 0 Å². The van der Waals surface area contributed by atoms with Gasteiger partial charge in [0, 0.05) is 30.4 Å². The molecule has 0 bridgehead atoms. The van der Waals surface area contributed by atoms with E-state index in [4.69, 9.17) is 0 Å². The Morgan fingerprint density at radius 1 is 1.33 bits per heavy atom. The molecule has 0 aromatic carbocycles. The van der Waals surface area contributed by atoms with Crippen molar-refractivity contribution < 1.29 is 0 Å². The Bertz CT molecular complexity index is 297. The van der Waals surface area contributed by atoms with Crippen LogP contribution in [0.25, 0.3) is 0 Å². The number of hydrogen-bond acceptors (Lipinski definition) is 1. The van der Waals surface area contributed by atoms with Crippen molar-refractivity contribution in [3.63, 3.8) is 0 Å². The van der Waals surface area contributed by atoms with E-state index >= 15 is 0 Å². The summed E-state index contributed by atoms with van der Waals surface area (Å²) in [6.07, 6.45) is 7.30. The van der Waals surface area contributed by atoms with Crippen LogP contribution in [0.5, 0.6) is 0 Å². The van der Waals surface area contributed by atoms with Crippen molar-refractivity contribution in [1.29, 1.82) is 0 Å². The number of rotatable bonds is 0. The first-order valence-corrected chi connectivity index (χ1v) is 4.82. The fourth-order valence-corrected chi connectivity index (χ4v) is 2.56. The van der Waals surface area contributed by atoms with Gasteiger partial charge in [-0.05, 0) is 30.9 Å². The first-order valence-electron chi connectivity index (χ1n) is 4.82. The standard InChI is InChI=1S/C10H14N2/c1-4-10(5-1)8-2-6-11-9(8)3-7-12-10/h2,6,11-12H,1,3-5,7H2. The van der Waals surface area contributed by atoms with Gasteiger partial charge < -0.3 is 10.3 Å². The first kappa shape index (κ1) is 6.72. The van der Waals surface area contributed by atoms with Gasteiger partial charge in [-0.1, -0.05) is 0 Å². The maximum absolute atomic E-state index is 3.65. The highest BCUT2D eigenvalue weighted by molar-refractivity contribution is 5.34. The lowest BCUT2D eigenvalue weighted by atomic mass is 9.70. The fraction of sp³-hybridized carbons (Fsp3) is 0.600. The van der Waals surface area contributed by atoms with Gasteiger partial charge in [-0.25, -0.2) is 0 Å². The molecule has 3 rings (SSSR count). The van der Waals surface area contributed by atoms with Gasteiger partial charge in [0.1, 0.15) is 0 Å². The van der Waals surface area contributed by atoms with Crippen LogP contribution < -0.4 is 5.32 Å². The highest BCUT2D eigenvalue weighted by Crippen LogP contribution is 2.44. The molecule has 1 fully saturated rings. The molecule has 0 radical (unpaired) electrons. The third-order valence-corrected chi connectivity index (χ3v) is 3.39. The van der Waals surface area contributed by atoms with Crippen LogP contribution in [0.15, 0.2) is 12.3 Å². The Labute approximate surface area is 72.4 Å². The summed E-state index contributed by atoms with van der Waals surface area (Å²) in [5.41, 5.74) is 3.39. The van der Waals surface area contributed by atoms with Crippen LogP contribution in [-0.4, -0.2) is 11.5 Å². The number of nitrogens with one attached hydrogen (secondary N) is 2. The van der Waals surface area contributed by atoms with Crippen LogP contribution in [0.1, 0.15) is 30.5 Å². The molecule has 0 unspecified atom stereocenters. The molecule has 2 N–H and O–H groups in total. The number of fused-ring (bicyclic) bond motifs is 2. The number of aromatic nitrogens is 1.